The number of aromatic nitrogens is 1. The third-order valence-corrected chi connectivity index (χ3v) is 6.15. The number of thiophene rings is 1. The molecule has 0 aliphatic rings. The highest BCUT2D eigenvalue weighted by molar-refractivity contribution is 9.11. The van der Waals surface area contributed by atoms with Crippen LogP contribution in [0.3, 0.4) is 0 Å². The van der Waals surface area contributed by atoms with E-state index in [0.29, 0.717) is 5.69 Å². The molecule has 0 saturated heterocycles. The smallest absolute Gasteiger partial charge is 0.271 e. The first kappa shape index (κ1) is 13.5. The molecule has 0 fully saturated rings. The van der Waals surface area contributed by atoms with Crippen LogP contribution in [0.15, 0.2) is 56.7 Å². The van der Waals surface area contributed by atoms with Crippen LogP contribution in [0.5, 0.6) is 0 Å². The van der Waals surface area contributed by atoms with Crippen molar-refractivity contribution in [3.63, 3.8) is 0 Å². The molecular weight excluding hydrogens is 360 g/mol. The molecule has 1 N–H and O–H groups in total. The van der Waals surface area contributed by atoms with Gasteiger partial charge in [-0.25, -0.2) is 8.42 Å². The minimum absolute atomic E-state index is 0.262. The number of anilines is 1. The molecule has 0 radical (unpaired) electrons. The molecule has 3 rings (SSSR count). The van der Waals surface area contributed by atoms with Gasteiger partial charge in [0.2, 0.25) is 0 Å². The molecule has 102 valence electrons. The lowest BCUT2D eigenvalue weighted by Gasteiger charge is -2.06. The van der Waals surface area contributed by atoms with E-state index in [1.165, 1.54) is 6.20 Å². The minimum atomic E-state index is -3.56. The number of para-hydroxylation sites is 1. The van der Waals surface area contributed by atoms with Gasteiger partial charge in [0, 0.05) is 5.39 Å². The third kappa shape index (κ3) is 2.70. The maximum absolute atomic E-state index is 12.2. The van der Waals surface area contributed by atoms with Crippen molar-refractivity contribution in [2.75, 3.05) is 4.72 Å². The van der Waals surface area contributed by atoms with Gasteiger partial charge in [-0.15, -0.1) is 11.3 Å². The zero-order valence-corrected chi connectivity index (χ0v) is 13.3. The molecule has 2 heterocycles. The van der Waals surface area contributed by atoms with Crippen LogP contribution in [-0.4, -0.2) is 13.4 Å². The van der Waals surface area contributed by atoms with Gasteiger partial charge in [-0.05, 0) is 40.2 Å². The number of sulfonamides is 1. The lowest BCUT2D eigenvalue weighted by atomic mass is 10.2. The first-order valence-corrected chi connectivity index (χ1v) is 8.77. The Morgan fingerprint density at radius 1 is 1.15 bits per heavy atom. The van der Waals surface area contributed by atoms with Crippen LogP contribution < -0.4 is 4.72 Å². The van der Waals surface area contributed by atoms with Gasteiger partial charge in [0.25, 0.3) is 10.0 Å². The van der Waals surface area contributed by atoms with E-state index in [-0.39, 0.29) is 4.21 Å². The molecule has 0 spiro atoms. The third-order valence-electron chi connectivity index (χ3n) is 2.66. The maximum atomic E-state index is 12.2. The molecule has 0 aliphatic heterocycles. The first-order valence-electron chi connectivity index (χ1n) is 5.67. The largest absolute Gasteiger partial charge is 0.277 e. The molecule has 0 amide bonds. The van der Waals surface area contributed by atoms with Crippen molar-refractivity contribution in [1.29, 1.82) is 0 Å². The van der Waals surface area contributed by atoms with Crippen molar-refractivity contribution in [2.45, 2.75) is 4.21 Å². The van der Waals surface area contributed by atoms with Gasteiger partial charge in [0.15, 0.2) is 0 Å². The maximum Gasteiger partial charge on any atom is 0.271 e. The van der Waals surface area contributed by atoms with E-state index in [9.17, 15) is 8.42 Å². The van der Waals surface area contributed by atoms with Crippen LogP contribution in [-0.2, 0) is 10.0 Å². The number of fused-ring (bicyclic) bond motifs is 1. The number of benzene rings is 1. The topological polar surface area (TPSA) is 59.1 Å². The summed E-state index contributed by atoms with van der Waals surface area (Å²) in [5.74, 6) is 0. The molecule has 3 aromatic rings. The summed E-state index contributed by atoms with van der Waals surface area (Å²) in [4.78, 5) is 4.23. The van der Waals surface area contributed by atoms with Crippen LogP contribution in [0.2, 0.25) is 0 Å². The monoisotopic (exact) mass is 368 g/mol. The molecule has 7 heteroatoms. The van der Waals surface area contributed by atoms with E-state index >= 15 is 0 Å². The fourth-order valence-corrected chi connectivity index (χ4v) is 4.82. The van der Waals surface area contributed by atoms with E-state index in [1.807, 2.05) is 24.3 Å². The summed E-state index contributed by atoms with van der Waals surface area (Å²) >= 11 is 4.42. The number of pyridine rings is 1. The van der Waals surface area contributed by atoms with E-state index in [4.69, 9.17) is 0 Å². The fourth-order valence-electron chi connectivity index (χ4n) is 1.77. The van der Waals surface area contributed by atoms with E-state index in [2.05, 4.69) is 25.6 Å². The second-order valence-corrected chi connectivity index (χ2v) is 8.45. The molecule has 4 nitrogen and oxygen atoms in total. The van der Waals surface area contributed by atoms with Crippen molar-refractivity contribution in [3.05, 3.63) is 52.4 Å². The normalized spacial score (nSPS) is 11.7. The standard InChI is InChI=1S/C13H9BrN2O2S2/c14-12-5-6-13(19-12)20(17,18)16-10-7-9-3-1-2-4-11(9)15-8-10/h1-8,16H. The number of nitrogens with one attached hydrogen (secondary N) is 1. The Hall–Kier alpha value is -1.44. The van der Waals surface area contributed by atoms with Gasteiger partial charge in [-0.2, -0.15) is 0 Å². The number of hydrogen-bond acceptors (Lipinski definition) is 4. The summed E-state index contributed by atoms with van der Waals surface area (Å²) in [6.07, 6.45) is 1.52. The van der Waals surface area contributed by atoms with Gasteiger partial charge in [-0.3, -0.25) is 9.71 Å². The number of nitrogens with zero attached hydrogens (tertiary/aromatic N) is 1. The molecular formula is C13H9BrN2O2S2. The SMILES string of the molecule is O=S(=O)(Nc1cnc2ccccc2c1)c1ccc(Br)s1. The van der Waals surface area contributed by atoms with E-state index in [1.54, 1.807) is 18.2 Å². The summed E-state index contributed by atoms with van der Waals surface area (Å²) < 4.78 is 28.0. The van der Waals surface area contributed by atoms with Gasteiger partial charge in [0.05, 0.1) is 21.2 Å². The summed E-state index contributed by atoms with van der Waals surface area (Å²) in [6.45, 7) is 0. The van der Waals surface area contributed by atoms with Crippen molar-refractivity contribution in [3.8, 4) is 0 Å². The second kappa shape index (κ2) is 5.16. The highest BCUT2D eigenvalue weighted by Crippen LogP contribution is 2.28. The van der Waals surface area contributed by atoms with Gasteiger partial charge >= 0.3 is 0 Å². The Morgan fingerprint density at radius 2 is 1.95 bits per heavy atom. The molecule has 0 bridgehead atoms. The Kier molecular flexibility index (Phi) is 3.49. The van der Waals surface area contributed by atoms with Crippen molar-refractivity contribution in [1.82, 2.24) is 4.98 Å². The zero-order chi connectivity index (χ0) is 14.2. The van der Waals surface area contributed by atoms with Crippen LogP contribution in [0, 0.1) is 0 Å². The van der Waals surface area contributed by atoms with Crippen molar-refractivity contribution in [2.24, 2.45) is 0 Å². The van der Waals surface area contributed by atoms with E-state index < -0.39 is 10.0 Å². The summed E-state index contributed by atoms with van der Waals surface area (Å²) in [6, 6.07) is 12.6. The molecule has 0 unspecified atom stereocenters. The molecule has 20 heavy (non-hydrogen) atoms. The molecule has 1 aromatic carbocycles. The lowest BCUT2D eigenvalue weighted by molar-refractivity contribution is 0.603. The van der Waals surface area contributed by atoms with Crippen molar-refractivity contribution < 1.29 is 8.42 Å². The fraction of sp³-hybridized carbons (Fsp3) is 0. The van der Waals surface area contributed by atoms with Gasteiger partial charge < -0.3 is 0 Å². The van der Waals surface area contributed by atoms with E-state index in [0.717, 1.165) is 26.0 Å². The minimum Gasteiger partial charge on any atom is -0.277 e. The highest BCUT2D eigenvalue weighted by atomic mass is 79.9. The number of rotatable bonds is 3. The van der Waals surface area contributed by atoms with Crippen LogP contribution in [0.1, 0.15) is 0 Å². The summed E-state index contributed by atoms with van der Waals surface area (Å²) in [5.41, 5.74) is 1.28. The van der Waals surface area contributed by atoms with Crippen LogP contribution >= 0.6 is 27.3 Å². The van der Waals surface area contributed by atoms with Crippen molar-refractivity contribution >= 4 is 53.9 Å². The predicted octanol–water partition coefficient (Wildman–Crippen LogP) is 3.86. The Labute approximate surface area is 128 Å². The Bertz CT molecular complexity index is 875. The average molecular weight is 369 g/mol. The summed E-state index contributed by atoms with van der Waals surface area (Å²) in [7, 11) is -3.56. The van der Waals surface area contributed by atoms with Gasteiger partial charge in [0.1, 0.15) is 4.21 Å². The van der Waals surface area contributed by atoms with Crippen LogP contribution in [0.4, 0.5) is 5.69 Å². The molecule has 0 saturated carbocycles. The zero-order valence-electron chi connectivity index (χ0n) is 10.1. The number of halogens is 1. The molecule has 0 aliphatic carbocycles. The highest BCUT2D eigenvalue weighted by Gasteiger charge is 2.16. The second-order valence-electron chi connectivity index (χ2n) is 4.08. The Balaban J connectivity index is 1.96. The quantitative estimate of drug-likeness (QED) is 0.763. The first-order chi connectivity index (χ1) is 9.54. The summed E-state index contributed by atoms with van der Waals surface area (Å²) in [5, 5.41) is 0.889. The van der Waals surface area contributed by atoms with Gasteiger partial charge in [-0.1, -0.05) is 18.2 Å². The molecule has 0 atom stereocenters. The Morgan fingerprint density at radius 3 is 2.70 bits per heavy atom. The van der Waals surface area contributed by atoms with Crippen LogP contribution in [0.25, 0.3) is 10.9 Å². The lowest BCUT2D eigenvalue weighted by Crippen LogP contribution is -2.11. The number of hydrogen-bond donors (Lipinski definition) is 1. The average Bonchev–Trinajstić information content (AvgIpc) is 2.86. The molecule has 2 aromatic heterocycles. The predicted molar refractivity (Wildman–Crippen MR) is 84.6 cm³/mol.